The molecule has 2 N–H and O–H groups in total. The number of likely N-dealkylation sites (tertiary alicyclic amines) is 1. The minimum atomic E-state index is -0.503. The second-order valence-electron chi connectivity index (χ2n) is 5.67. The molecule has 1 fully saturated rings. The summed E-state index contributed by atoms with van der Waals surface area (Å²) in [5, 5.41) is 3.88. The largest absolute Gasteiger partial charge is 0.444 e. The Hall–Kier alpha value is -1.11. The smallest absolute Gasteiger partial charge is 0.410 e. The number of carbonyl (C=O) groups excluding carboxylic acids is 1. The van der Waals surface area contributed by atoms with Crippen molar-refractivity contribution in [2.24, 2.45) is 10.9 Å². The number of hydrogen-bond donors (Lipinski definition) is 1. The van der Waals surface area contributed by atoms with E-state index in [0.717, 1.165) is 18.6 Å². The van der Waals surface area contributed by atoms with Crippen molar-refractivity contribution in [3.05, 3.63) is 0 Å². The van der Waals surface area contributed by atoms with Gasteiger partial charge in [0.1, 0.15) is 12.2 Å². The van der Waals surface area contributed by atoms with Crippen molar-refractivity contribution in [1.29, 1.82) is 0 Å². The van der Waals surface area contributed by atoms with E-state index >= 15 is 0 Å². The van der Waals surface area contributed by atoms with Gasteiger partial charge in [-0.3, -0.25) is 4.90 Å². The van der Waals surface area contributed by atoms with Gasteiger partial charge >= 0.3 is 6.09 Å². The maximum absolute atomic E-state index is 11.9. The van der Waals surface area contributed by atoms with E-state index in [1.54, 1.807) is 16.7 Å². The number of nitrogens with two attached hydrogens (primary N) is 1. The normalized spacial score (nSPS) is 19.5. The molecule has 7 heteroatoms. The molecule has 1 atom stereocenters. The lowest BCUT2D eigenvalue weighted by Gasteiger charge is -2.40. The summed E-state index contributed by atoms with van der Waals surface area (Å²) in [6.07, 6.45) is 3.42. The molecule has 0 aliphatic carbocycles. The number of ether oxygens (including phenoxy) is 1. The standard InChI is InChI=1S/C13H25N3O3S/c1-13(2,3)19-12(17)16-7-6-10(16)11(14)15-18-8-5-9-20-4/h10H,5-9H2,1-4H3,(H2,14,15). The zero-order valence-electron chi connectivity index (χ0n) is 12.7. The average molecular weight is 303 g/mol. The Labute approximate surface area is 125 Å². The van der Waals surface area contributed by atoms with E-state index in [1.165, 1.54) is 0 Å². The van der Waals surface area contributed by atoms with E-state index in [2.05, 4.69) is 5.16 Å². The molecule has 20 heavy (non-hydrogen) atoms. The van der Waals surface area contributed by atoms with Gasteiger partial charge in [-0.1, -0.05) is 5.16 Å². The number of carbonyl (C=O) groups is 1. The van der Waals surface area contributed by atoms with E-state index < -0.39 is 5.60 Å². The zero-order chi connectivity index (χ0) is 15.2. The molecule has 0 bridgehead atoms. The number of amidine groups is 1. The predicted octanol–water partition coefficient (Wildman–Crippen LogP) is 2.04. The highest BCUT2D eigenvalue weighted by atomic mass is 32.2. The van der Waals surface area contributed by atoms with Crippen LogP contribution in [0.3, 0.4) is 0 Å². The second-order valence-corrected chi connectivity index (χ2v) is 6.66. The van der Waals surface area contributed by atoms with Gasteiger partial charge in [0.15, 0.2) is 5.84 Å². The van der Waals surface area contributed by atoms with Crippen molar-refractivity contribution in [2.75, 3.05) is 25.2 Å². The highest BCUT2D eigenvalue weighted by molar-refractivity contribution is 7.98. The third-order valence-corrected chi connectivity index (χ3v) is 3.44. The van der Waals surface area contributed by atoms with Crippen LogP contribution in [-0.2, 0) is 9.57 Å². The van der Waals surface area contributed by atoms with Crippen molar-refractivity contribution >= 4 is 23.7 Å². The van der Waals surface area contributed by atoms with Gasteiger partial charge < -0.3 is 15.3 Å². The van der Waals surface area contributed by atoms with Crippen LogP contribution in [0.4, 0.5) is 4.79 Å². The van der Waals surface area contributed by atoms with Crippen LogP contribution in [0.2, 0.25) is 0 Å². The molecule has 116 valence electrons. The first-order chi connectivity index (χ1) is 9.35. The van der Waals surface area contributed by atoms with Gasteiger partial charge in [-0.2, -0.15) is 11.8 Å². The molecule has 0 aromatic carbocycles. The first-order valence-electron chi connectivity index (χ1n) is 6.79. The van der Waals surface area contributed by atoms with Crippen LogP contribution in [0, 0.1) is 0 Å². The monoisotopic (exact) mass is 303 g/mol. The van der Waals surface area contributed by atoms with Crippen molar-refractivity contribution in [3.8, 4) is 0 Å². The Balaban J connectivity index is 2.39. The zero-order valence-corrected chi connectivity index (χ0v) is 13.5. The minimum absolute atomic E-state index is 0.203. The number of hydrogen-bond acceptors (Lipinski definition) is 5. The first kappa shape index (κ1) is 16.9. The molecule has 0 spiro atoms. The molecule has 1 amide bonds. The lowest BCUT2D eigenvalue weighted by Crippen LogP contribution is -2.58. The molecule has 1 aliphatic rings. The number of rotatable bonds is 6. The maximum atomic E-state index is 11.9. The van der Waals surface area contributed by atoms with Crippen LogP contribution >= 0.6 is 11.8 Å². The summed E-state index contributed by atoms with van der Waals surface area (Å²) in [6.45, 7) is 6.70. The molecule has 1 unspecified atom stereocenters. The SMILES string of the molecule is CSCCCO/N=C(\N)C1CCN1C(=O)OC(C)(C)C. The third-order valence-electron chi connectivity index (χ3n) is 2.74. The first-order valence-corrected chi connectivity index (χ1v) is 8.18. The molecule has 1 aliphatic heterocycles. The van der Waals surface area contributed by atoms with E-state index in [9.17, 15) is 4.79 Å². The van der Waals surface area contributed by atoms with Crippen LogP contribution in [0.25, 0.3) is 0 Å². The second kappa shape index (κ2) is 7.61. The molecular formula is C13H25N3O3S. The highest BCUT2D eigenvalue weighted by Crippen LogP contribution is 2.21. The fourth-order valence-corrected chi connectivity index (χ4v) is 2.09. The summed E-state index contributed by atoms with van der Waals surface area (Å²) in [7, 11) is 0. The Kier molecular flexibility index (Phi) is 6.45. The fourth-order valence-electron chi connectivity index (χ4n) is 1.68. The van der Waals surface area contributed by atoms with Crippen molar-refractivity contribution in [2.45, 2.75) is 45.3 Å². The summed E-state index contributed by atoms with van der Waals surface area (Å²) in [6, 6.07) is -0.203. The summed E-state index contributed by atoms with van der Waals surface area (Å²) in [5.74, 6) is 1.37. The van der Waals surface area contributed by atoms with E-state index in [4.69, 9.17) is 15.3 Å². The van der Waals surface area contributed by atoms with Gasteiger partial charge in [0, 0.05) is 6.54 Å². The number of oxime groups is 1. The van der Waals surface area contributed by atoms with Gasteiger partial charge in [-0.25, -0.2) is 4.79 Å². The molecule has 0 saturated carbocycles. The van der Waals surface area contributed by atoms with Crippen molar-refractivity contribution in [1.82, 2.24) is 4.90 Å². The van der Waals surface area contributed by atoms with Crippen LogP contribution in [0.15, 0.2) is 5.16 Å². The molecule has 1 saturated heterocycles. The number of amides is 1. The van der Waals surface area contributed by atoms with Crippen molar-refractivity contribution < 1.29 is 14.4 Å². The molecule has 0 aromatic rings. The number of thioether (sulfide) groups is 1. The molecule has 0 radical (unpaired) electrons. The Morgan fingerprint density at radius 1 is 1.50 bits per heavy atom. The molecule has 0 aromatic heterocycles. The average Bonchev–Trinajstić information content (AvgIpc) is 2.24. The quantitative estimate of drug-likeness (QED) is 0.352. The molecule has 1 rings (SSSR count). The van der Waals surface area contributed by atoms with E-state index in [-0.39, 0.29) is 12.1 Å². The highest BCUT2D eigenvalue weighted by Gasteiger charge is 2.37. The summed E-state index contributed by atoms with van der Waals surface area (Å²) in [5.41, 5.74) is 5.35. The Morgan fingerprint density at radius 2 is 2.20 bits per heavy atom. The van der Waals surface area contributed by atoms with Gasteiger partial charge in [0.2, 0.25) is 0 Å². The number of nitrogens with zero attached hydrogens (tertiary/aromatic N) is 2. The minimum Gasteiger partial charge on any atom is -0.444 e. The topological polar surface area (TPSA) is 77.2 Å². The molecule has 1 heterocycles. The lowest BCUT2D eigenvalue weighted by molar-refractivity contribution is 0.00465. The third kappa shape index (κ3) is 5.48. The van der Waals surface area contributed by atoms with Crippen LogP contribution in [-0.4, -0.2) is 53.6 Å². The summed E-state index contributed by atoms with van der Waals surface area (Å²) >= 11 is 1.76. The van der Waals surface area contributed by atoms with Gasteiger partial charge in [-0.15, -0.1) is 0 Å². The predicted molar refractivity (Wildman–Crippen MR) is 81.9 cm³/mol. The van der Waals surface area contributed by atoms with Crippen LogP contribution < -0.4 is 5.73 Å². The van der Waals surface area contributed by atoms with Gasteiger partial charge in [-0.05, 0) is 45.6 Å². The molecular weight excluding hydrogens is 278 g/mol. The summed E-state index contributed by atoms with van der Waals surface area (Å²) in [4.78, 5) is 18.7. The van der Waals surface area contributed by atoms with Gasteiger partial charge in [0.25, 0.3) is 0 Å². The summed E-state index contributed by atoms with van der Waals surface area (Å²) < 4.78 is 5.31. The molecule has 6 nitrogen and oxygen atoms in total. The van der Waals surface area contributed by atoms with Crippen molar-refractivity contribution in [3.63, 3.8) is 0 Å². The van der Waals surface area contributed by atoms with Gasteiger partial charge in [0.05, 0.1) is 6.04 Å². The fraction of sp³-hybridized carbons (Fsp3) is 0.846. The van der Waals surface area contributed by atoms with E-state index in [1.807, 2.05) is 27.0 Å². The van der Waals surface area contributed by atoms with Crippen LogP contribution in [0.5, 0.6) is 0 Å². The lowest BCUT2D eigenvalue weighted by atomic mass is 10.0. The van der Waals surface area contributed by atoms with E-state index in [0.29, 0.717) is 19.0 Å². The maximum Gasteiger partial charge on any atom is 0.410 e. The Bertz CT molecular complexity index is 355. The Morgan fingerprint density at radius 3 is 2.70 bits per heavy atom. The van der Waals surface area contributed by atoms with Crippen LogP contribution in [0.1, 0.15) is 33.6 Å².